The predicted molar refractivity (Wildman–Crippen MR) is 102 cm³/mol. The molecule has 1 aromatic carbocycles. The topological polar surface area (TPSA) is 63.2 Å². The average Bonchev–Trinajstić information content (AvgIpc) is 3.11. The number of methoxy groups -OCH3 is 1. The van der Waals surface area contributed by atoms with Gasteiger partial charge < -0.3 is 15.4 Å². The Morgan fingerprint density at radius 3 is 2.76 bits per heavy atom. The maximum atomic E-state index is 12.9. The molecule has 5 nitrogen and oxygen atoms in total. The first kappa shape index (κ1) is 17.9. The summed E-state index contributed by atoms with van der Waals surface area (Å²) in [6.45, 7) is 5.90. The number of piperidine rings is 1. The van der Waals surface area contributed by atoms with Gasteiger partial charge in [-0.2, -0.15) is 0 Å². The summed E-state index contributed by atoms with van der Waals surface area (Å²) < 4.78 is 5.42. The van der Waals surface area contributed by atoms with Gasteiger partial charge in [-0.25, -0.2) is 4.98 Å². The Balaban J connectivity index is 1.74. The van der Waals surface area contributed by atoms with E-state index in [0.29, 0.717) is 11.0 Å². The van der Waals surface area contributed by atoms with E-state index in [-0.39, 0.29) is 5.91 Å². The number of carbonyl (C=O) groups excluding carboxylic acids is 1. The molecule has 2 heterocycles. The molecule has 134 valence electrons. The van der Waals surface area contributed by atoms with Crippen LogP contribution in [0, 0.1) is 0 Å². The maximum absolute atomic E-state index is 12.9. The second-order valence-electron chi connectivity index (χ2n) is 6.87. The minimum absolute atomic E-state index is 0.0804. The van der Waals surface area contributed by atoms with Crippen molar-refractivity contribution in [3.05, 3.63) is 40.9 Å². The van der Waals surface area contributed by atoms with Crippen LogP contribution in [0.3, 0.4) is 0 Å². The van der Waals surface area contributed by atoms with E-state index >= 15 is 0 Å². The molecular weight excluding hydrogens is 334 g/mol. The highest BCUT2D eigenvalue weighted by Gasteiger charge is 2.33. The lowest BCUT2D eigenvalue weighted by molar-refractivity contribution is -0.120. The number of nitrogens with zero attached hydrogens (tertiary/aromatic N) is 1. The number of rotatable bonds is 5. The lowest BCUT2D eigenvalue weighted by Crippen LogP contribution is -2.35. The lowest BCUT2D eigenvalue weighted by Gasteiger charge is -2.25. The highest BCUT2D eigenvalue weighted by Crippen LogP contribution is 2.35. The molecule has 6 heteroatoms. The van der Waals surface area contributed by atoms with Crippen LogP contribution in [0.25, 0.3) is 0 Å². The third-order valence-corrected chi connectivity index (χ3v) is 5.91. The van der Waals surface area contributed by atoms with Crippen molar-refractivity contribution in [2.24, 2.45) is 0 Å². The van der Waals surface area contributed by atoms with E-state index in [1.54, 1.807) is 18.4 Å². The zero-order valence-corrected chi connectivity index (χ0v) is 15.8. The molecule has 0 atom stereocenters. The Bertz CT molecular complexity index is 736. The quantitative estimate of drug-likeness (QED) is 0.857. The molecule has 0 spiro atoms. The van der Waals surface area contributed by atoms with Gasteiger partial charge in [0.1, 0.15) is 5.75 Å². The summed E-state index contributed by atoms with van der Waals surface area (Å²) in [5, 5.41) is 7.03. The number of para-hydroxylation sites is 1. The number of anilines is 1. The molecule has 0 aliphatic carbocycles. The molecule has 1 amide bonds. The molecule has 1 aliphatic heterocycles. The summed E-state index contributed by atoms with van der Waals surface area (Å²) >= 11 is 1.59. The van der Waals surface area contributed by atoms with Crippen LogP contribution in [0.2, 0.25) is 0 Å². The molecule has 0 bridgehead atoms. The van der Waals surface area contributed by atoms with Crippen LogP contribution in [-0.2, 0) is 10.2 Å². The van der Waals surface area contributed by atoms with Crippen molar-refractivity contribution in [1.82, 2.24) is 10.3 Å². The van der Waals surface area contributed by atoms with E-state index in [9.17, 15) is 4.79 Å². The fourth-order valence-corrected chi connectivity index (χ4v) is 4.16. The van der Waals surface area contributed by atoms with Gasteiger partial charge >= 0.3 is 0 Å². The molecule has 0 radical (unpaired) electrons. The Hall–Kier alpha value is -1.92. The molecule has 1 aromatic heterocycles. The predicted octanol–water partition coefficient (Wildman–Crippen LogP) is 3.54. The van der Waals surface area contributed by atoms with Gasteiger partial charge in [0.15, 0.2) is 5.13 Å². The van der Waals surface area contributed by atoms with E-state index < -0.39 is 5.41 Å². The molecular formula is C19H25N3O2S. The van der Waals surface area contributed by atoms with E-state index in [0.717, 1.165) is 37.2 Å². The molecule has 1 fully saturated rings. The number of ether oxygens (including phenoxy) is 1. The number of carbonyl (C=O) groups is 1. The van der Waals surface area contributed by atoms with E-state index in [2.05, 4.69) is 15.6 Å². The van der Waals surface area contributed by atoms with Crippen molar-refractivity contribution < 1.29 is 9.53 Å². The Morgan fingerprint density at radius 2 is 2.04 bits per heavy atom. The molecule has 0 unspecified atom stereocenters. The summed E-state index contributed by atoms with van der Waals surface area (Å²) in [5.41, 5.74) is 0.151. The van der Waals surface area contributed by atoms with Crippen molar-refractivity contribution >= 4 is 22.4 Å². The first-order valence-electron chi connectivity index (χ1n) is 8.63. The first-order valence-corrected chi connectivity index (χ1v) is 9.45. The van der Waals surface area contributed by atoms with Crippen molar-refractivity contribution in [3.8, 4) is 5.75 Å². The van der Waals surface area contributed by atoms with E-state index in [1.807, 2.05) is 44.3 Å². The van der Waals surface area contributed by atoms with Gasteiger partial charge in [0, 0.05) is 16.6 Å². The molecule has 2 N–H and O–H groups in total. The second kappa shape index (κ2) is 7.54. The number of amides is 1. The standard InChI is InChI=1S/C19H25N3O2S/c1-19(2,14-6-4-5-7-15(14)24-3)17(23)22-18-21-12-16(25-18)13-8-10-20-11-9-13/h4-7,12-13,20H,8-11H2,1-3H3,(H,21,22,23). The summed E-state index contributed by atoms with van der Waals surface area (Å²) in [6, 6.07) is 7.64. The van der Waals surface area contributed by atoms with Crippen molar-refractivity contribution in [1.29, 1.82) is 0 Å². The largest absolute Gasteiger partial charge is 0.496 e. The van der Waals surface area contributed by atoms with Crippen LogP contribution in [0.5, 0.6) is 5.75 Å². The minimum atomic E-state index is -0.715. The Labute approximate surface area is 152 Å². The third-order valence-electron chi connectivity index (χ3n) is 4.83. The van der Waals surface area contributed by atoms with Gasteiger partial charge in [0.25, 0.3) is 0 Å². The summed E-state index contributed by atoms with van der Waals surface area (Å²) in [5.74, 6) is 1.19. The van der Waals surface area contributed by atoms with Crippen molar-refractivity contribution in [2.75, 3.05) is 25.5 Å². The fourth-order valence-electron chi connectivity index (χ4n) is 3.18. The van der Waals surface area contributed by atoms with Crippen LogP contribution in [0.15, 0.2) is 30.5 Å². The monoisotopic (exact) mass is 359 g/mol. The lowest BCUT2D eigenvalue weighted by atomic mass is 9.83. The van der Waals surface area contributed by atoms with Crippen molar-refractivity contribution in [2.45, 2.75) is 38.0 Å². The van der Waals surface area contributed by atoms with Gasteiger partial charge in [-0.15, -0.1) is 11.3 Å². The second-order valence-corrected chi connectivity index (χ2v) is 7.93. The molecule has 2 aromatic rings. The third kappa shape index (κ3) is 3.85. The highest BCUT2D eigenvalue weighted by atomic mass is 32.1. The molecule has 25 heavy (non-hydrogen) atoms. The number of thiazole rings is 1. The highest BCUT2D eigenvalue weighted by molar-refractivity contribution is 7.15. The zero-order chi connectivity index (χ0) is 17.9. The SMILES string of the molecule is COc1ccccc1C(C)(C)C(=O)Nc1ncc(C2CCNCC2)s1. The summed E-state index contributed by atoms with van der Waals surface area (Å²) in [7, 11) is 1.62. The number of aromatic nitrogens is 1. The van der Waals surface area contributed by atoms with Gasteiger partial charge in [-0.3, -0.25) is 4.79 Å². The molecule has 1 saturated heterocycles. The number of hydrogen-bond acceptors (Lipinski definition) is 5. The average molecular weight is 359 g/mol. The van der Waals surface area contributed by atoms with Gasteiger partial charge in [0.05, 0.1) is 12.5 Å². The molecule has 0 saturated carbocycles. The van der Waals surface area contributed by atoms with Gasteiger partial charge in [0.2, 0.25) is 5.91 Å². The fraction of sp³-hybridized carbons (Fsp3) is 0.474. The van der Waals surface area contributed by atoms with Crippen LogP contribution in [0.4, 0.5) is 5.13 Å². The maximum Gasteiger partial charge on any atom is 0.236 e. The van der Waals surface area contributed by atoms with Gasteiger partial charge in [-0.1, -0.05) is 18.2 Å². The van der Waals surface area contributed by atoms with Crippen LogP contribution in [0.1, 0.15) is 43.0 Å². The van der Waals surface area contributed by atoms with Crippen LogP contribution in [-0.4, -0.2) is 31.1 Å². The zero-order valence-electron chi connectivity index (χ0n) is 15.0. The summed E-state index contributed by atoms with van der Waals surface area (Å²) in [4.78, 5) is 18.6. The number of hydrogen-bond donors (Lipinski definition) is 2. The van der Waals surface area contributed by atoms with Crippen LogP contribution >= 0.6 is 11.3 Å². The van der Waals surface area contributed by atoms with Crippen molar-refractivity contribution in [3.63, 3.8) is 0 Å². The Kier molecular flexibility index (Phi) is 5.39. The minimum Gasteiger partial charge on any atom is -0.496 e. The van der Waals surface area contributed by atoms with Gasteiger partial charge in [-0.05, 0) is 51.8 Å². The summed E-state index contributed by atoms with van der Waals surface area (Å²) in [6.07, 6.45) is 4.16. The first-order chi connectivity index (χ1) is 12.0. The normalized spacial score (nSPS) is 15.8. The van der Waals surface area contributed by atoms with E-state index in [4.69, 9.17) is 4.74 Å². The Morgan fingerprint density at radius 1 is 1.32 bits per heavy atom. The van der Waals surface area contributed by atoms with Crippen LogP contribution < -0.4 is 15.4 Å². The molecule has 3 rings (SSSR count). The number of benzene rings is 1. The number of nitrogens with one attached hydrogen (secondary N) is 2. The molecule has 1 aliphatic rings. The smallest absolute Gasteiger partial charge is 0.236 e. The van der Waals surface area contributed by atoms with E-state index in [1.165, 1.54) is 4.88 Å².